The van der Waals surface area contributed by atoms with Gasteiger partial charge in [0.15, 0.2) is 0 Å². The van der Waals surface area contributed by atoms with E-state index in [9.17, 15) is 9.59 Å². The molecule has 1 saturated heterocycles. The average molecular weight is 303 g/mol. The Morgan fingerprint density at radius 1 is 1.71 bits per heavy atom. The van der Waals surface area contributed by atoms with Gasteiger partial charge in [-0.2, -0.15) is 5.10 Å². The summed E-state index contributed by atoms with van der Waals surface area (Å²) >= 11 is 3.20. The van der Waals surface area contributed by atoms with Gasteiger partial charge < -0.3 is 15.3 Å². The molecule has 0 radical (unpaired) electrons. The zero-order chi connectivity index (χ0) is 12.4. The van der Waals surface area contributed by atoms with Crippen LogP contribution < -0.4 is 15.8 Å². The number of aromatic nitrogens is 2. The quantitative estimate of drug-likeness (QED) is 0.733. The van der Waals surface area contributed by atoms with Crippen LogP contribution in [0.15, 0.2) is 15.5 Å². The van der Waals surface area contributed by atoms with E-state index >= 15 is 0 Å². The van der Waals surface area contributed by atoms with Gasteiger partial charge in [-0.15, -0.1) is 0 Å². The van der Waals surface area contributed by atoms with Crippen molar-refractivity contribution in [2.45, 2.75) is 12.5 Å². The second-order valence-electron chi connectivity index (χ2n) is 3.78. The Bertz CT molecular complexity index is 489. The van der Waals surface area contributed by atoms with Gasteiger partial charge in [0.1, 0.15) is 4.47 Å². The predicted octanol–water partition coefficient (Wildman–Crippen LogP) is 0.379. The Balaban J connectivity index is 2.12. The summed E-state index contributed by atoms with van der Waals surface area (Å²) in [7, 11) is 0. The lowest BCUT2D eigenvalue weighted by Crippen LogP contribution is -2.36. The van der Waals surface area contributed by atoms with Crippen molar-refractivity contribution in [2.75, 3.05) is 18.0 Å². The van der Waals surface area contributed by atoms with Crippen molar-refractivity contribution in [1.82, 2.24) is 15.5 Å². The van der Waals surface area contributed by atoms with Crippen molar-refractivity contribution in [2.24, 2.45) is 0 Å². The Morgan fingerprint density at radius 2 is 2.47 bits per heavy atom. The lowest BCUT2D eigenvalue weighted by atomic mass is 10.3. The third-order valence-corrected chi connectivity index (χ3v) is 3.40. The van der Waals surface area contributed by atoms with Crippen LogP contribution in [0.4, 0.5) is 10.5 Å². The molecule has 0 spiro atoms. The maximum absolute atomic E-state index is 11.4. The van der Waals surface area contributed by atoms with Gasteiger partial charge in [-0.25, -0.2) is 9.89 Å². The molecule has 1 atom stereocenters. The van der Waals surface area contributed by atoms with Gasteiger partial charge in [0.05, 0.1) is 17.9 Å². The van der Waals surface area contributed by atoms with Crippen molar-refractivity contribution in [3.8, 4) is 0 Å². The molecule has 1 aliphatic heterocycles. The van der Waals surface area contributed by atoms with Gasteiger partial charge >= 0.3 is 6.09 Å². The van der Waals surface area contributed by atoms with Crippen LogP contribution in [-0.4, -0.2) is 40.5 Å². The number of anilines is 1. The zero-order valence-electron chi connectivity index (χ0n) is 8.81. The summed E-state index contributed by atoms with van der Waals surface area (Å²) in [6, 6.07) is -0.112. The largest absolute Gasteiger partial charge is 0.465 e. The average Bonchev–Trinajstić information content (AvgIpc) is 2.69. The molecule has 1 fully saturated rings. The molecule has 2 rings (SSSR count). The van der Waals surface area contributed by atoms with E-state index in [4.69, 9.17) is 5.11 Å². The van der Waals surface area contributed by atoms with Crippen molar-refractivity contribution in [3.05, 3.63) is 21.0 Å². The minimum atomic E-state index is -1.03. The maximum Gasteiger partial charge on any atom is 0.404 e. The van der Waals surface area contributed by atoms with E-state index in [1.54, 1.807) is 6.20 Å². The van der Waals surface area contributed by atoms with Crippen molar-refractivity contribution in [1.29, 1.82) is 0 Å². The number of nitrogens with one attached hydrogen (secondary N) is 2. The number of hydrogen-bond donors (Lipinski definition) is 3. The van der Waals surface area contributed by atoms with Crippen LogP contribution in [0.3, 0.4) is 0 Å². The van der Waals surface area contributed by atoms with E-state index in [-0.39, 0.29) is 11.6 Å². The monoisotopic (exact) mass is 302 g/mol. The van der Waals surface area contributed by atoms with Gasteiger partial charge in [0, 0.05) is 13.1 Å². The third kappa shape index (κ3) is 2.57. The minimum absolute atomic E-state index is 0.112. The van der Waals surface area contributed by atoms with E-state index in [1.807, 2.05) is 4.90 Å². The molecule has 3 N–H and O–H groups in total. The van der Waals surface area contributed by atoms with Crippen LogP contribution in [0.1, 0.15) is 6.42 Å². The highest BCUT2D eigenvalue weighted by atomic mass is 79.9. The van der Waals surface area contributed by atoms with Gasteiger partial charge in [-0.3, -0.25) is 4.79 Å². The van der Waals surface area contributed by atoms with Crippen molar-refractivity contribution < 1.29 is 9.90 Å². The van der Waals surface area contributed by atoms with Gasteiger partial charge in [-0.05, 0) is 22.4 Å². The lowest BCUT2D eigenvalue weighted by Gasteiger charge is -2.18. The first-order chi connectivity index (χ1) is 8.08. The van der Waals surface area contributed by atoms with Crippen molar-refractivity contribution in [3.63, 3.8) is 0 Å². The number of H-pyrrole nitrogens is 1. The lowest BCUT2D eigenvalue weighted by molar-refractivity contribution is 0.191. The first-order valence-corrected chi connectivity index (χ1v) is 5.85. The smallest absolute Gasteiger partial charge is 0.404 e. The summed E-state index contributed by atoms with van der Waals surface area (Å²) in [4.78, 5) is 23.8. The summed E-state index contributed by atoms with van der Waals surface area (Å²) < 4.78 is 0.420. The van der Waals surface area contributed by atoms with Crippen LogP contribution in [0.5, 0.6) is 0 Å². The number of amides is 1. The number of carbonyl (C=O) groups is 1. The summed E-state index contributed by atoms with van der Waals surface area (Å²) in [6.45, 7) is 1.23. The fourth-order valence-corrected chi connectivity index (χ4v) is 2.31. The molecule has 8 heteroatoms. The number of nitrogens with zero attached hydrogens (tertiary/aromatic N) is 2. The SMILES string of the molecule is O=C(O)NC1CCN(c2cn[nH]c(=O)c2Br)C1. The van der Waals surface area contributed by atoms with E-state index in [0.29, 0.717) is 29.7 Å². The Morgan fingerprint density at radius 3 is 3.18 bits per heavy atom. The molecule has 0 bridgehead atoms. The molecular formula is C9H11BrN4O3. The molecule has 92 valence electrons. The van der Waals surface area contributed by atoms with E-state index in [0.717, 1.165) is 0 Å². The molecule has 0 saturated carbocycles. The highest BCUT2D eigenvalue weighted by molar-refractivity contribution is 9.10. The minimum Gasteiger partial charge on any atom is -0.465 e. The Hall–Kier alpha value is -1.57. The highest BCUT2D eigenvalue weighted by Crippen LogP contribution is 2.24. The Kier molecular flexibility index (Phi) is 3.32. The zero-order valence-corrected chi connectivity index (χ0v) is 10.4. The number of hydrogen-bond acceptors (Lipinski definition) is 4. The van der Waals surface area contributed by atoms with Gasteiger partial charge in [-0.1, -0.05) is 0 Å². The highest BCUT2D eigenvalue weighted by Gasteiger charge is 2.25. The van der Waals surface area contributed by atoms with E-state index in [2.05, 4.69) is 31.4 Å². The summed E-state index contributed by atoms with van der Waals surface area (Å²) in [5, 5.41) is 17.1. The Labute approximate surface area is 105 Å². The number of halogens is 1. The molecule has 1 unspecified atom stereocenters. The summed E-state index contributed by atoms with van der Waals surface area (Å²) in [5.74, 6) is 0. The van der Waals surface area contributed by atoms with Crippen LogP contribution in [-0.2, 0) is 0 Å². The molecule has 0 aliphatic carbocycles. The summed E-state index contributed by atoms with van der Waals surface area (Å²) in [5.41, 5.74) is 0.389. The number of carboxylic acid groups (broad SMARTS) is 1. The van der Waals surface area contributed by atoms with E-state index in [1.165, 1.54) is 0 Å². The molecule has 7 nitrogen and oxygen atoms in total. The van der Waals surface area contributed by atoms with Crippen LogP contribution in [0.2, 0.25) is 0 Å². The molecule has 1 amide bonds. The molecule has 1 aromatic rings. The topological polar surface area (TPSA) is 98.3 Å². The molecule has 2 heterocycles. The number of rotatable bonds is 2. The molecule has 1 aliphatic rings. The molecular weight excluding hydrogens is 292 g/mol. The fourth-order valence-electron chi connectivity index (χ4n) is 1.87. The van der Waals surface area contributed by atoms with Crippen LogP contribution >= 0.6 is 15.9 Å². The fraction of sp³-hybridized carbons (Fsp3) is 0.444. The molecule has 1 aromatic heterocycles. The van der Waals surface area contributed by atoms with Crippen LogP contribution in [0.25, 0.3) is 0 Å². The standard InChI is InChI=1S/C9H11BrN4O3/c10-7-6(3-11-13-8(7)15)14-2-1-5(4-14)12-9(16)17/h3,5,12H,1-2,4H2,(H,13,15)(H,16,17). The first kappa shape index (κ1) is 11.9. The van der Waals surface area contributed by atoms with Crippen molar-refractivity contribution >= 4 is 27.7 Å². The maximum atomic E-state index is 11.4. The second kappa shape index (κ2) is 4.74. The molecule has 17 heavy (non-hydrogen) atoms. The van der Waals surface area contributed by atoms with Gasteiger partial charge in [0.2, 0.25) is 0 Å². The first-order valence-electron chi connectivity index (χ1n) is 5.05. The van der Waals surface area contributed by atoms with Crippen LogP contribution in [0, 0.1) is 0 Å². The van der Waals surface area contributed by atoms with Gasteiger partial charge in [0.25, 0.3) is 5.56 Å². The second-order valence-corrected chi connectivity index (χ2v) is 4.57. The number of aromatic amines is 1. The summed E-state index contributed by atoms with van der Waals surface area (Å²) in [6.07, 6.45) is 1.24. The normalized spacial score (nSPS) is 19.4. The van der Waals surface area contributed by atoms with E-state index < -0.39 is 6.09 Å². The molecule has 0 aromatic carbocycles. The third-order valence-electron chi connectivity index (χ3n) is 2.63. The predicted molar refractivity (Wildman–Crippen MR) is 64.3 cm³/mol.